The molecule has 0 radical (unpaired) electrons. The molecule has 38 heavy (non-hydrogen) atoms. The third kappa shape index (κ3) is 7.49. The highest BCUT2D eigenvalue weighted by Gasteiger charge is 2.46. The van der Waals surface area contributed by atoms with Crippen LogP contribution in [0.2, 0.25) is 0 Å². The molecule has 2 N–H and O–H groups in total. The second kappa shape index (κ2) is 13.6. The van der Waals surface area contributed by atoms with Gasteiger partial charge in [0.15, 0.2) is 9.84 Å². The molecule has 3 rings (SSSR count). The number of carbonyl (C=O) groups is 5. The van der Waals surface area contributed by atoms with E-state index in [0.717, 1.165) is 69.1 Å². The van der Waals surface area contributed by atoms with E-state index in [1.165, 1.54) is 18.2 Å². The van der Waals surface area contributed by atoms with Crippen LogP contribution in [0.25, 0.3) is 0 Å². The van der Waals surface area contributed by atoms with Gasteiger partial charge in [-0.2, -0.15) is 0 Å². The van der Waals surface area contributed by atoms with Crippen molar-refractivity contribution in [3.8, 4) is 0 Å². The number of carboxylic acid groups (broad SMARTS) is 1. The van der Waals surface area contributed by atoms with Crippen LogP contribution in [-0.4, -0.2) is 59.8 Å². The predicted molar refractivity (Wildman–Crippen MR) is 138 cm³/mol. The fraction of sp³-hybridized carbons (Fsp3) is 0.593. The quantitative estimate of drug-likeness (QED) is 0.234. The number of piperidine rings is 1. The SMILES string of the molecule is O=C(O)CCCCCCCCCCCCCS(=O)(=O)c1cccc2c1C(=O)N(C1CCC(=O)NC1=O)C2=O. The summed E-state index contributed by atoms with van der Waals surface area (Å²) in [6.45, 7) is 0. The molecule has 4 amide bonds. The van der Waals surface area contributed by atoms with E-state index in [4.69, 9.17) is 5.11 Å². The van der Waals surface area contributed by atoms with Gasteiger partial charge in [0.05, 0.1) is 21.8 Å². The molecule has 0 saturated carbocycles. The Kier molecular flexibility index (Phi) is 10.6. The van der Waals surface area contributed by atoms with E-state index in [1.54, 1.807) is 0 Å². The van der Waals surface area contributed by atoms with E-state index in [0.29, 0.717) is 6.42 Å². The number of nitrogens with zero attached hydrogens (tertiary/aromatic N) is 1. The molecule has 208 valence electrons. The summed E-state index contributed by atoms with van der Waals surface area (Å²) in [7, 11) is -3.83. The molecule has 11 heteroatoms. The fourth-order valence-electron chi connectivity index (χ4n) is 5.01. The minimum absolute atomic E-state index is 0.00497. The maximum atomic E-state index is 13.2. The molecule has 2 aliphatic rings. The van der Waals surface area contributed by atoms with Gasteiger partial charge in [0.2, 0.25) is 11.8 Å². The van der Waals surface area contributed by atoms with E-state index >= 15 is 0 Å². The van der Waals surface area contributed by atoms with Crippen LogP contribution in [0.5, 0.6) is 0 Å². The molecule has 0 bridgehead atoms. The summed E-state index contributed by atoms with van der Waals surface area (Å²) in [5, 5.41) is 10.8. The Labute approximate surface area is 223 Å². The first-order chi connectivity index (χ1) is 18.1. The molecule has 2 heterocycles. The van der Waals surface area contributed by atoms with Crippen molar-refractivity contribution in [2.24, 2.45) is 0 Å². The number of rotatable bonds is 16. The molecule has 1 atom stereocenters. The number of carboxylic acids is 1. The number of amides is 4. The van der Waals surface area contributed by atoms with Crippen molar-refractivity contribution in [1.29, 1.82) is 0 Å². The van der Waals surface area contributed by atoms with Gasteiger partial charge < -0.3 is 5.11 Å². The number of sulfone groups is 1. The Morgan fingerprint density at radius 1 is 0.868 bits per heavy atom. The number of aliphatic carboxylic acids is 1. The lowest BCUT2D eigenvalue weighted by Crippen LogP contribution is -2.54. The minimum atomic E-state index is -3.83. The van der Waals surface area contributed by atoms with E-state index in [-0.39, 0.29) is 41.0 Å². The molecular weight excluding hydrogens is 512 g/mol. The molecular formula is C27H36N2O8S. The van der Waals surface area contributed by atoms with Gasteiger partial charge in [-0.25, -0.2) is 8.42 Å². The number of hydrogen-bond donors (Lipinski definition) is 2. The van der Waals surface area contributed by atoms with Gasteiger partial charge in [0.25, 0.3) is 11.8 Å². The van der Waals surface area contributed by atoms with Crippen LogP contribution in [0, 0.1) is 0 Å². The van der Waals surface area contributed by atoms with Crippen LogP contribution in [0.15, 0.2) is 23.1 Å². The molecule has 0 spiro atoms. The fourth-order valence-corrected chi connectivity index (χ4v) is 6.61. The summed E-state index contributed by atoms with van der Waals surface area (Å²) in [6, 6.07) is 3.00. The molecule has 10 nitrogen and oxygen atoms in total. The lowest BCUT2D eigenvalue weighted by Gasteiger charge is -2.27. The minimum Gasteiger partial charge on any atom is -0.481 e. The summed E-state index contributed by atoms with van der Waals surface area (Å²) in [6.07, 6.45) is 10.4. The first-order valence-electron chi connectivity index (χ1n) is 13.4. The lowest BCUT2D eigenvalue weighted by atomic mass is 10.0. The Balaban J connectivity index is 1.44. The van der Waals surface area contributed by atoms with Crippen molar-refractivity contribution in [1.82, 2.24) is 10.2 Å². The van der Waals surface area contributed by atoms with Crippen molar-refractivity contribution >= 4 is 39.4 Å². The maximum absolute atomic E-state index is 13.2. The van der Waals surface area contributed by atoms with Crippen LogP contribution in [0.3, 0.4) is 0 Å². The summed E-state index contributed by atoms with van der Waals surface area (Å²) in [4.78, 5) is 60.9. The number of fused-ring (bicyclic) bond motifs is 1. The average molecular weight is 549 g/mol. The Bertz CT molecular complexity index is 1180. The average Bonchev–Trinajstić information content (AvgIpc) is 3.12. The molecule has 1 saturated heterocycles. The first kappa shape index (κ1) is 29.5. The Morgan fingerprint density at radius 2 is 1.45 bits per heavy atom. The normalized spacial score (nSPS) is 17.6. The van der Waals surface area contributed by atoms with E-state index < -0.39 is 45.5 Å². The summed E-state index contributed by atoms with van der Waals surface area (Å²) in [5.74, 6) is -3.64. The molecule has 0 aliphatic carbocycles. The van der Waals surface area contributed by atoms with E-state index in [2.05, 4.69) is 5.32 Å². The third-order valence-corrected chi connectivity index (χ3v) is 8.91. The monoisotopic (exact) mass is 548 g/mol. The smallest absolute Gasteiger partial charge is 0.303 e. The molecule has 1 unspecified atom stereocenters. The van der Waals surface area contributed by atoms with E-state index in [9.17, 15) is 32.4 Å². The zero-order valence-corrected chi connectivity index (χ0v) is 22.4. The number of nitrogens with one attached hydrogen (secondary N) is 1. The highest BCUT2D eigenvalue weighted by Crippen LogP contribution is 2.32. The first-order valence-corrected chi connectivity index (χ1v) is 15.1. The molecule has 1 aromatic carbocycles. The van der Waals surface area contributed by atoms with Gasteiger partial charge in [-0.05, 0) is 31.4 Å². The Morgan fingerprint density at radius 3 is 2.03 bits per heavy atom. The van der Waals surface area contributed by atoms with Gasteiger partial charge in [0.1, 0.15) is 6.04 Å². The van der Waals surface area contributed by atoms with Crippen LogP contribution >= 0.6 is 0 Å². The van der Waals surface area contributed by atoms with Crippen molar-refractivity contribution in [2.75, 3.05) is 5.75 Å². The second-order valence-corrected chi connectivity index (χ2v) is 12.1. The second-order valence-electron chi connectivity index (χ2n) is 9.98. The van der Waals surface area contributed by atoms with Gasteiger partial charge in [0, 0.05) is 12.8 Å². The van der Waals surface area contributed by atoms with Gasteiger partial charge >= 0.3 is 5.97 Å². The van der Waals surface area contributed by atoms with E-state index in [1.807, 2.05) is 0 Å². The molecule has 2 aliphatic heterocycles. The van der Waals surface area contributed by atoms with Crippen molar-refractivity contribution in [3.63, 3.8) is 0 Å². The predicted octanol–water partition coefficient (Wildman–Crippen LogP) is 3.63. The van der Waals surface area contributed by atoms with Crippen molar-refractivity contribution in [2.45, 2.75) is 101 Å². The van der Waals surface area contributed by atoms with Gasteiger partial charge in [-0.15, -0.1) is 0 Å². The van der Waals surface area contributed by atoms with Gasteiger partial charge in [-0.3, -0.25) is 34.2 Å². The number of benzene rings is 1. The van der Waals surface area contributed by atoms with Crippen LogP contribution < -0.4 is 5.32 Å². The number of imide groups is 2. The van der Waals surface area contributed by atoms with Crippen molar-refractivity contribution < 1.29 is 37.5 Å². The van der Waals surface area contributed by atoms with Gasteiger partial charge in [-0.1, -0.05) is 63.9 Å². The zero-order chi connectivity index (χ0) is 27.7. The highest BCUT2D eigenvalue weighted by atomic mass is 32.2. The van der Waals surface area contributed by atoms with Crippen LogP contribution in [0.4, 0.5) is 0 Å². The summed E-state index contributed by atoms with van der Waals surface area (Å²) < 4.78 is 26.2. The number of unbranched alkanes of at least 4 members (excludes halogenated alkanes) is 10. The largest absolute Gasteiger partial charge is 0.481 e. The number of carbonyl (C=O) groups excluding carboxylic acids is 4. The lowest BCUT2D eigenvalue weighted by molar-refractivity contribution is -0.138. The van der Waals surface area contributed by atoms with Crippen LogP contribution in [-0.2, 0) is 24.2 Å². The van der Waals surface area contributed by atoms with Crippen molar-refractivity contribution in [3.05, 3.63) is 29.3 Å². The Hall–Kier alpha value is -3.08. The molecule has 1 fully saturated rings. The third-order valence-electron chi connectivity index (χ3n) is 7.07. The molecule has 1 aromatic rings. The standard InChI is InChI=1S/C27H36N2O8S/c30-22-17-16-20(25(33)28-22)29-26(34)19-13-12-14-21(24(19)27(29)35)38(36,37)18-11-9-7-5-3-1-2-4-6-8-10-15-23(31)32/h12-14,20H,1-11,15-18H2,(H,31,32)(H,28,30,33). The highest BCUT2D eigenvalue weighted by molar-refractivity contribution is 7.91. The zero-order valence-electron chi connectivity index (χ0n) is 21.6. The summed E-state index contributed by atoms with van der Waals surface area (Å²) in [5.41, 5.74) is -0.229. The molecule has 0 aromatic heterocycles. The van der Waals surface area contributed by atoms with Crippen LogP contribution in [0.1, 0.15) is 111 Å². The topological polar surface area (TPSA) is 155 Å². The summed E-state index contributed by atoms with van der Waals surface area (Å²) >= 11 is 0. The number of hydrogen-bond acceptors (Lipinski definition) is 7. The maximum Gasteiger partial charge on any atom is 0.303 e.